The number of methoxy groups -OCH3 is 1. The topological polar surface area (TPSA) is 96.2 Å². The molecular formula is C21H23ClO6. The zero-order chi connectivity index (χ0) is 20.3. The smallest absolute Gasteiger partial charge is 0.186 e. The van der Waals surface area contributed by atoms with Crippen LogP contribution in [0.15, 0.2) is 42.5 Å². The molecule has 3 N–H and O–H groups in total. The number of hydrogen-bond donors (Lipinski definition) is 3. The normalized spacial score (nSPS) is 27.5. The average Bonchev–Trinajstić information content (AvgIpc) is 2.70. The van der Waals surface area contributed by atoms with Gasteiger partial charge in [0.05, 0.1) is 0 Å². The Morgan fingerprint density at radius 3 is 2.36 bits per heavy atom. The van der Waals surface area contributed by atoms with E-state index in [-0.39, 0.29) is 0 Å². The van der Waals surface area contributed by atoms with E-state index in [1.54, 1.807) is 12.1 Å². The van der Waals surface area contributed by atoms with E-state index in [0.29, 0.717) is 23.4 Å². The molecule has 5 unspecified atom stereocenters. The Kier molecular flexibility index (Phi) is 6.82. The van der Waals surface area contributed by atoms with Gasteiger partial charge in [0.25, 0.3) is 0 Å². The number of benzene rings is 2. The van der Waals surface area contributed by atoms with Crippen LogP contribution in [0.25, 0.3) is 0 Å². The van der Waals surface area contributed by atoms with Gasteiger partial charge in [0.15, 0.2) is 6.29 Å². The number of hydrogen-bond acceptors (Lipinski definition) is 6. The van der Waals surface area contributed by atoms with Crippen LogP contribution in [0.5, 0.6) is 0 Å². The summed E-state index contributed by atoms with van der Waals surface area (Å²) in [5.41, 5.74) is 3.41. The minimum atomic E-state index is -1.40. The van der Waals surface area contributed by atoms with E-state index in [4.69, 9.17) is 21.1 Å². The van der Waals surface area contributed by atoms with E-state index in [1.807, 2.05) is 30.3 Å². The maximum atomic E-state index is 10.6. The molecule has 0 saturated carbocycles. The van der Waals surface area contributed by atoms with E-state index in [1.165, 1.54) is 7.11 Å². The fraction of sp³-hybridized carbons (Fsp3) is 0.381. The molecule has 0 amide bonds. The van der Waals surface area contributed by atoms with Crippen LogP contribution in [0.1, 0.15) is 28.4 Å². The summed E-state index contributed by atoms with van der Waals surface area (Å²) in [6.45, 7) is 0. The fourth-order valence-electron chi connectivity index (χ4n) is 3.33. The fourth-order valence-corrected chi connectivity index (χ4v) is 3.52. The molecule has 6 nitrogen and oxygen atoms in total. The molecule has 1 fully saturated rings. The average molecular weight is 407 g/mol. The number of ether oxygens (including phenoxy) is 2. The van der Waals surface area contributed by atoms with E-state index in [9.17, 15) is 20.1 Å². The van der Waals surface area contributed by atoms with Gasteiger partial charge in [-0.2, -0.15) is 0 Å². The third-order valence-corrected chi connectivity index (χ3v) is 5.31. The first-order chi connectivity index (χ1) is 13.4. The van der Waals surface area contributed by atoms with Crippen molar-refractivity contribution in [2.45, 2.75) is 43.5 Å². The van der Waals surface area contributed by atoms with Crippen LogP contribution in [0.4, 0.5) is 0 Å². The van der Waals surface area contributed by atoms with Crippen LogP contribution in [-0.4, -0.2) is 53.3 Å². The maximum absolute atomic E-state index is 10.6. The van der Waals surface area contributed by atoms with Crippen molar-refractivity contribution < 1.29 is 29.6 Å². The summed E-state index contributed by atoms with van der Waals surface area (Å²) in [6.07, 6.45) is -4.16. The number of aliphatic hydroxyl groups is 3. The number of halogens is 1. The van der Waals surface area contributed by atoms with E-state index in [2.05, 4.69) is 0 Å². The molecule has 0 aliphatic carbocycles. The number of aldehydes is 1. The highest BCUT2D eigenvalue weighted by atomic mass is 35.5. The van der Waals surface area contributed by atoms with Crippen LogP contribution in [0.3, 0.4) is 0 Å². The number of carbonyl (C=O) groups excluding carboxylic acids is 1. The number of carbonyl (C=O) groups is 1. The summed E-state index contributed by atoms with van der Waals surface area (Å²) >= 11 is 6.35. The van der Waals surface area contributed by atoms with Crippen molar-refractivity contribution in [2.24, 2.45) is 0 Å². The van der Waals surface area contributed by atoms with Crippen molar-refractivity contribution in [2.75, 3.05) is 7.11 Å². The summed E-state index contributed by atoms with van der Waals surface area (Å²) in [4.78, 5) is 10.6. The van der Waals surface area contributed by atoms with Crippen molar-refractivity contribution in [1.29, 1.82) is 0 Å². The van der Waals surface area contributed by atoms with Gasteiger partial charge in [-0.05, 0) is 34.7 Å². The third kappa shape index (κ3) is 4.43. The first-order valence-electron chi connectivity index (χ1n) is 8.96. The molecule has 5 atom stereocenters. The SMILES string of the molecule is COC1OC(c2ccc(Cl)c(Cc3ccc(CC=O)cc3)c2)C(O)C(O)C1O. The monoisotopic (exact) mass is 406 g/mol. The lowest BCUT2D eigenvalue weighted by molar-refractivity contribution is -0.292. The van der Waals surface area contributed by atoms with Gasteiger partial charge in [0.2, 0.25) is 0 Å². The van der Waals surface area contributed by atoms with E-state index in [0.717, 1.165) is 23.0 Å². The highest BCUT2D eigenvalue weighted by Gasteiger charge is 2.44. The summed E-state index contributed by atoms with van der Waals surface area (Å²) in [6, 6.07) is 12.9. The summed E-state index contributed by atoms with van der Waals surface area (Å²) in [5.74, 6) is 0. The maximum Gasteiger partial charge on any atom is 0.186 e. The molecule has 7 heteroatoms. The van der Waals surface area contributed by atoms with Gasteiger partial charge in [-0.15, -0.1) is 0 Å². The Morgan fingerprint density at radius 1 is 1.04 bits per heavy atom. The molecule has 1 saturated heterocycles. The molecule has 1 aliphatic heterocycles. The Labute approximate surface area is 168 Å². The van der Waals surface area contributed by atoms with Gasteiger partial charge in [0.1, 0.15) is 30.7 Å². The van der Waals surface area contributed by atoms with Crippen molar-refractivity contribution in [1.82, 2.24) is 0 Å². The van der Waals surface area contributed by atoms with Crippen LogP contribution in [0.2, 0.25) is 5.02 Å². The molecule has 2 aromatic rings. The van der Waals surface area contributed by atoms with Crippen LogP contribution in [0, 0.1) is 0 Å². The molecule has 0 aromatic heterocycles. The van der Waals surface area contributed by atoms with Crippen molar-refractivity contribution >= 4 is 17.9 Å². The summed E-state index contributed by atoms with van der Waals surface area (Å²) < 4.78 is 10.7. The molecule has 0 radical (unpaired) electrons. The molecule has 0 bridgehead atoms. The first-order valence-corrected chi connectivity index (χ1v) is 9.34. The first kappa shape index (κ1) is 20.9. The van der Waals surface area contributed by atoms with Crippen molar-refractivity contribution in [3.63, 3.8) is 0 Å². The lowest BCUT2D eigenvalue weighted by Gasteiger charge is -2.40. The van der Waals surface area contributed by atoms with E-state index >= 15 is 0 Å². The minimum Gasteiger partial charge on any atom is -0.387 e. The Balaban J connectivity index is 1.83. The van der Waals surface area contributed by atoms with Crippen LogP contribution >= 0.6 is 11.6 Å². The van der Waals surface area contributed by atoms with Gasteiger partial charge in [-0.25, -0.2) is 0 Å². The highest BCUT2D eigenvalue weighted by Crippen LogP contribution is 2.34. The Morgan fingerprint density at radius 2 is 1.71 bits per heavy atom. The standard InChI is InChI=1S/C21H23ClO6/c1-27-21-19(26)17(24)18(25)20(28-21)14-6-7-16(22)15(11-14)10-13-4-2-12(3-5-13)8-9-23/h2-7,9,11,17-21,24-26H,8,10H2,1H3. The second-order valence-corrected chi connectivity index (χ2v) is 7.25. The molecule has 28 heavy (non-hydrogen) atoms. The molecular weight excluding hydrogens is 384 g/mol. The second kappa shape index (κ2) is 9.13. The highest BCUT2D eigenvalue weighted by molar-refractivity contribution is 6.31. The lowest BCUT2D eigenvalue weighted by Crippen LogP contribution is -2.54. The van der Waals surface area contributed by atoms with Gasteiger partial charge < -0.3 is 29.6 Å². The molecule has 1 heterocycles. The van der Waals surface area contributed by atoms with Gasteiger partial charge in [0, 0.05) is 18.6 Å². The van der Waals surface area contributed by atoms with Gasteiger partial charge in [-0.3, -0.25) is 0 Å². The Hall–Kier alpha value is -1.80. The summed E-state index contributed by atoms with van der Waals surface area (Å²) in [7, 11) is 1.36. The zero-order valence-electron chi connectivity index (χ0n) is 15.4. The lowest BCUT2D eigenvalue weighted by atomic mass is 9.92. The van der Waals surface area contributed by atoms with Gasteiger partial charge >= 0.3 is 0 Å². The van der Waals surface area contributed by atoms with Crippen LogP contribution in [-0.2, 0) is 27.1 Å². The van der Waals surface area contributed by atoms with E-state index < -0.39 is 30.7 Å². The molecule has 0 spiro atoms. The largest absolute Gasteiger partial charge is 0.387 e. The predicted octanol–water partition coefficient (Wildman–Crippen LogP) is 1.80. The number of rotatable bonds is 6. The molecule has 1 aliphatic rings. The predicted molar refractivity (Wildman–Crippen MR) is 103 cm³/mol. The van der Waals surface area contributed by atoms with Crippen molar-refractivity contribution in [3.8, 4) is 0 Å². The molecule has 2 aromatic carbocycles. The van der Waals surface area contributed by atoms with Gasteiger partial charge in [-0.1, -0.05) is 48.0 Å². The number of aliphatic hydroxyl groups excluding tert-OH is 3. The Bertz CT molecular complexity index is 807. The molecule has 3 rings (SSSR count). The van der Waals surface area contributed by atoms with Crippen LogP contribution < -0.4 is 0 Å². The quantitative estimate of drug-likeness (QED) is 0.633. The van der Waals surface area contributed by atoms with Crippen molar-refractivity contribution in [3.05, 3.63) is 69.7 Å². The second-order valence-electron chi connectivity index (χ2n) is 6.85. The zero-order valence-corrected chi connectivity index (χ0v) is 16.1. The molecule has 150 valence electrons. The minimum absolute atomic E-state index is 0.377. The third-order valence-electron chi connectivity index (χ3n) is 4.94. The summed E-state index contributed by atoms with van der Waals surface area (Å²) in [5, 5.41) is 30.9.